The maximum Gasteiger partial charge on any atom is 0.255 e. The molecule has 0 saturated carbocycles. The molecular weight excluding hydrogens is 392 g/mol. The van der Waals surface area contributed by atoms with Crippen LogP contribution in [0, 0.1) is 13.8 Å². The van der Waals surface area contributed by atoms with Gasteiger partial charge in [0.25, 0.3) is 5.91 Å². The van der Waals surface area contributed by atoms with Crippen molar-refractivity contribution in [3.05, 3.63) is 101 Å². The first-order valence-corrected chi connectivity index (χ1v) is 11.0. The molecule has 4 nitrogen and oxygen atoms in total. The van der Waals surface area contributed by atoms with Crippen LogP contribution in [0.3, 0.4) is 0 Å². The van der Waals surface area contributed by atoms with Crippen LogP contribution in [0.15, 0.2) is 72.8 Å². The lowest BCUT2D eigenvalue weighted by Crippen LogP contribution is -2.27. The standard InChI is InChI=1S/C25H24N2O2S/c1-17-8-13-22(14-18(17)2)26-24(29)20-9-11-21(12-10-20)25-27(23(28)16-30-25)15-19-6-4-3-5-7-19/h3-14,25H,15-16H2,1-2H3,(H,26,29)/t25-/m0/s1. The summed E-state index contributed by atoms with van der Waals surface area (Å²) in [4.78, 5) is 27.0. The summed E-state index contributed by atoms with van der Waals surface area (Å²) in [5.74, 6) is 0.485. The van der Waals surface area contributed by atoms with Crippen molar-refractivity contribution in [2.75, 3.05) is 11.1 Å². The highest BCUT2D eigenvalue weighted by molar-refractivity contribution is 8.00. The molecule has 1 aliphatic heterocycles. The molecule has 2 amide bonds. The molecule has 152 valence electrons. The Morgan fingerprint density at radius 1 is 1.00 bits per heavy atom. The molecule has 4 rings (SSSR count). The Hall–Kier alpha value is -3.05. The van der Waals surface area contributed by atoms with E-state index in [0.29, 0.717) is 17.9 Å². The second kappa shape index (κ2) is 8.76. The van der Waals surface area contributed by atoms with E-state index in [1.165, 1.54) is 5.56 Å². The fourth-order valence-electron chi connectivity index (χ4n) is 3.50. The number of nitrogens with zero attached hydrogens (tertiary/aromatic N) is 1. The zero-order valence-corrected chi connectivity index (χ0v) is 17.9. The first-order valence-electron chi connectivity index (χ1n) is 9.95. The predicted molar refractivity (Wildman–Crippen MR) is 123 cm³/mol. The highest BCUT2D eigenvalue weighted by Gasteiger charge is 2.32. The quantitative estimate of drug-likeness (QED) is 0.612. The summed E-state index contributed by atoms with van der Waals surface area (Å²) in [6.45, 7) is 4.67. The highest BCUT2D eigenvalue weighted by Crippen LogP contribution is 2.39. The van der Waals surface area contributed by atoms with Crippen molar-refractivity contribution < 1.29 is 9.59 Å². The number of benzene rings is 3. The monoisotopic (exact) mass is 416 g/mol. The van der Waals surface area contributed by atoms with Crippen LogP contribution in [-0.2, 0) is 11.3 Å². The first kappa shape index (κ1) is 20.2. The van der Waals surface area contributed by atoms with Crippen molar-refractivity contribution in [2.45, 2.75) is 25.8 Å². The summed E-state index contributed by atoms with van der Waals surface area (Å²) in [5, 5.41) is 2.92. The van der Waals surface area contributed by atoms with Gasteiger partial charge >= 0.3 is 0 Å². The van der Waals surface area contributed by atoms with E-state index < -0.39 is 0 Å². The summed E-state index contributed by atoms with van der Waals surface area (Å²) in [7, 11) is 0. The lowest BCUT2D eigenvalue weighted by Gasteiger charge is -2.24. The number of carbonyl (C=O) groups excluding carboxylic acids is 2. The van der Waals surface area contributed by atoms with Crippen LogP contribution >= 0.6 is 11.8 Å². The molecule has 1 heterocycles. The normalized spacial score (nSPS) is 16.0. The molecule has 30 heavy (non-hydrogen) atoms. The summed E-state index contributed by atoms with van der Waals surface area (Å²) < 4.78 is 0. The Balaban J connectivity index is 1.47. The van der Waals surface area contributed by atoms with E-state index in [-0.39, 0.29) is 17.2 Å². The number of carbonyl (C=O) groups is 2. The summed E-state index contributed by atoms with van der Waals surface area (Å²) in [6.07, 6.45) is 0. The number of rotatable bonds is 5. The third-order valence-electron chi connectivity index (χ3n) is 5.39. The molecule has 0 unspecified atom stereocenters. The summed E-state index contributed by atoms with van der Waals surface area (Å²) in [5.41, 5.74) is 5.87. The molecule has 1 saturated heterocycles. The van der Waals surface area contributed by atoms with E-state index in [9.17, 15) is 9.59 Å². The zero-order chi connectivity index (χ0) is 21.1. The predicted octanol–water partition coefficient (Wildman–Crippen LogP) is 5.33. The van der Waals surface area contributed by atoms with Gasteiger partial charge in [0.2, 0.25) is 5.91 Å². The molecule has 3 aromatic carbocycles. The Morgan fingerprint density at radius 3 is 2.43 bits per heavy atom. The van der Waals surface area contributed by atoms with E-state index in [0.717, 1.165) is 22.4 Å². The molecule has 0 aromatic heterocycles. The van der Waals surface area contributed by atoms with Gasteiger partial charge in [0.1, 0.15) is 5.37 Å². The minimum Gasteiger partial charge on any atom is -0.322 e. The number of aryl methyl sites for hydroxylation is 2. The molecule has 3 aromatic rings. The average Bonchev–Trinajstić information content (AvgIpc) is 3.12. The van der Waals surface area contributed by atoms with Gasteiger partial charge in [-0.15, -0.1) is 11.8 Å². The molecule has 1 atom stereocenters. The van der Waals surface area contributed by atoms with Crippen molar-refractivity contribution in [1.82, 2.24) is 4.90 Å². The topological polar surface area (TPSA) is 49.4 Å². The van der Waals surface area contributed by atoms with Crippen LogP contribution < -0.4 is 5.32 Å². The second-order valence-corrected chi connectivity index (χ2v) is 8.61. The second-order valence-electron chi connectivity index (χ2n) is 7.55. The van der Waals surface area contributed by atoms with E-state index >= 15 is 0 Å². The lowest BCUT2D eigenvalue weighted by atomic mass is 10.1. The van der Waals surface area contributed by atoms with E-state index in [1.807, 2.05) is 91.5 Å². The lowest BCUT2D eigenvalue weighted by molar-refractivity contribution is -0.128. The maximum atomic E-state index is 12.6. The summed E-state index contributed by atoms with van der Waals surface area (Å²) >= 11 is 1.63. The fraction of sp³-hybridized carbons (Fsp3) is 0.200. The largest absolute Gasteiger partial charge is 0.322 e. The van der Waals surface area contributed by atoms with Crippen LogP contribution in [0.4, 0.5) is 5.69 Å². The van der Waals surface area contributed by atoms with Gasteiger partial charge in [-0.2, -0.15) is 0 Å². The minimum absolute atomic E-state index is 0.0328. The molecule has 1 aliphatic rings. The van der Waals surface area contributed by atoms with Crippen LogP contribution in [-0.4, -0.2) is 22.5 Å². The van der Waals surface area contributed by atoms with E-state index in [4.69, 9.17) is 0 Å². The molecule has 5 heteroatoms. The fourth-order valence-corrected chi connectivity index (χ4v) is 4.69. The highest BCUT2D eigenvalue weighted by atomic mass is 32.2. The third-order valence-corrected chi connectivity index (χ3v) is 6.64. The molecular formula is C25H24N2O2S. The van der Waals surface area contributed by atoms with Gasteiger partial charge in [-0.05, 0) is 60.4 Å². The maximum absolute atomic E-state index is 12.6. The number of anilines is 1. The number of hydrogen-bond donors (Lipinski definition) is 1. The van der Waals surface area contributed by atoms with Crippen molar-refractivity contribution in [3.63, 3.8) is 0 Å². The summed E-state index contributed by atoms with van der Waals surface area (Å²) in [6, 6.07) is 23.5. The molecule has 1 fully saturated rings. The molecule has 1 N–H and O–H groups in total. The van der Waals surface area contributed by atoms with E-state index in [1.54, 1.807) is 11.8 Å². The molecule has 0 radical (unpaired) electrons. The van der Waals surface area contributed by atoms with E-state index in [2.05, 4.69) is 5.32 Å². The van der Waals surface area contributed by atoms with Gasteiger partial charge in [-0.25, -0.2) is 0 Å². The van der Waals surface area contributed by atoms with Gasteiger partial charge in [0.05, 0.1) is 5.75 Å². The third kappa shape index (κ3) is 4.41. The number of hydrogen-bond acceptors (Lipinski definition) is 3. The zero-order valence-electron chi connectivity index (χ0n) is 17.1. The number of thioether (sulfide) groups is 1. The van der Waals surface area contributed by atoms with Crippen molar-refractivity contribution in [2.24, 2.45) is 0 Å². The van der Waals surface area contributed by atoms with Crippen molar-refractivity contribution in [3.8, 4) is 0 Å². The minimum atomic E-state index is -0.138. The molecule has 0 spiro atoms. The van der Waals surface area contributed by atoms with Gasteiger partial charge in [-0.3, -0.25) is 9.59 Å². The van der Waals surface area contributed by atoms with Crippen molar-refractivity contribution in [1.29, 1.82) is 0 Å². The smallest absolute Gasteiger partial charge is 0.255 e. The van der Waals surface area contributed by atoms with Gasteiger partial charge in [-0.1, -0.05) is 48.5 Å². The Labute approximate surface area is 181 Å². The molecule has 0 aliphatic carbocycles. The van der Waals surface area contributed by atoms with Crippen LogP contribution in [0.2, 0.25) is 0 Å². The van der Waals surface area contributed by atoms with Gasteiger partial charge in [0.15, 0.2) is 0 Å². The number of amides is 2. The SMILES string of the molecule is Cc1ccc(NC(=O)c2ccc([C@@H]3SCC(=O)N3Cc3ccccc3)cc2)cc1C. The van der Waals surface area contributed by atoms with Gasteiger partial charge < -0.3 is 10.2 Å². The Bertz CT molecular complexity index is 1060. The Morgan fingerprint density at radius 2 is 1.73 bits per heavy atom. The first-order chi connectivity index (χ1) is 14.5. The van der Waals surface area contributed by atoms with Crippen LogP contribution in [0.25, 0.3) is 0 Å². The molecule has 0 bridgehead atoms. The van der Waals surface area contributed by atoms with Crippen LogP contribution in [0.5, 0.6) is 0 Å². The van der Waals surface area contributed by atoms with Gasteiger partial charge in [0, 0.05) is 17.8 Å². The van der Waals surface area contributed by atoms with Crippen LogP contribution in [0.1, 0.15) is 38.0 Å². The number of nitrogens with one attached hydrogen (secondary N) is 1. The average molecular weight is 417 g/mol. The Kier molecular flexibility index (Phi) is 5.91. The van der Waals surface area contributed by atoms with Crippen molar-refractivity contribution >= 4 is 29.3 Å².